The zero-order valence-corrected chi connectivity index (χ0v) is 19.8. The molecule has 8 nitrogen and oxygen atoms in total. The van der Waals surface area contributed by atoms with Crippen molar-refractivity contribution in [3.05, 3.63) is 28.9 Å². The first kappa shape index (κ1) is 20.7. The summed E-state index contributed by atoms with van der Waals surface area (Å²) in [6.45, 7) is 5.80. The molecule has 2 aromatic heterocycles. The predicted molar refractivity (Wildman–Crippen MR) is 122 cm³/mol. The molecule has 0 bridgehead atoms. The summed E-state index contributed by atoms with van der Waals surface area (Å²) in [5.74, 6) is 3.55. The highest BCUT2D eigenvalue weighted by Gasteiger charge is 2.58. The summed E-state index contributed by atoms with van der Waals surface area (Å²) in [7, 11) is -1.19. The zero-order valence-electron chi connectivity index (χ0n) is 18.2. The van der Waals surface area contributed by atoms with Crippen molar-refractivity contribution in [1.82, 2.24) is 19.9 Å². The van der Waals surface area contributed by atoms with Gasteiger partial charge in [0.15, 0.2) is 0 Å². The second-order valence-corrected chi connectivity index (χ2v) is 12.8. The molecule has 2 saturated carbocycles. The van der Waals surface area contributed by atoms with E-state index < -0.39 is 10.8 Å². The first-order valence-corrected chi connectivity index (χ1v) is 12.8. The summed E-state index contributed by atoms with van der Waals surface area (Å²) in [5, 5.41) is 14.0. The smallest absolute Gasteiger partial charge is 0.227 e. The molecule has 6 rings (SSSR count). The van der Waals surface area contributed by atoms with Gasteiger partial charge in [-0.3, -0.25) is 4.21 Å². The molecule has 0 aromatic carbocycles. The van der Waals surface area contributed by atoms with Crippen LogP contribution in [0.4, 0.5) is 11.8 Å². The molecule has 0 spiro atoms. The van der Waals surface area contributed by atoms with Gasteiger partial charge in [-0.25, -0.2) is 15.0 Å². The summed E-state index contributed by atoms with van der Waals surface area (Å²) in [6.07, 6.45) is 6.85. The van der Waals surface area contributed by atoms with Crippen molar-refractivity contribution in [1.29, 1.82) is 0 Å². The predicted octanol–water partition coefficient (Wildman–Crippen LogP) is 2.54. The van der Waals surface area contributed by atoms with E-state index in [1.165, 1.54) is 0 Å². The minimum absolute atomic E-state index is 0.0494. The van der Waals surface area contributed by atoms with E-state index in [-0.39, 0.29) is 16.9 Å². The highest BCUT2D eigenvalue weighted by molar-refractivity contribution is 7.87. The molecule has 4 heterocycles. The lowest BCUT2D eigenvalue weighted by Gasteiger charge is -2.41. The summed E-state index contributed by atoms with van der Waals surface area (Å²) in [4.78, 5) is 21.5. The molecule has 0 radical (unpaired) electrons. The van der Waals surface area contributed by atoms with Gasteiger partial charge in [0.2, 0.25) is 5.95 Å². The van der Waals surface area contributed by atoms with Gasteiger partial charge in [0, 0.05) is 37.8 Å². The number of piperidine rings is 1. The van der Waals surface area contributed by atoms with Gasteiger partial charge in [-0.05, 0) is 44.9 Å². The Labute approximate surface area is 194 Å². The van der Waals surface area contributed by atoms with Crippen LogP contribution in [0, 0.1) is 11.8 Å². The molecule has 2 N–H and O–H groups in total. The van der Waals surface area contributed by atoms with Gasteiger partial charge >= 0.3 is 0 Å². The highest BCUT2D eigenvalue weighted by atomic mass is 35.5. The number of anilines is 2. The van der Waals surface area contributed by atoms with Gasteiger partial charge in [0.25, 0.3) is 0 Å². The van der Waals surface area contributed by atoms with Crippen molar-refractivity contribution in [3.63, 3.8) is 0 Å². The van der Waals surface area contributed by atoms with E-state index >= 15 is 0 Å². The van der Waals surface area contributed by atoms with E-state index in [1.54, 1.807) is 12.4 Å². The van der Waals surface area contributed by atoms with Crippen molar-refractivity contribution in [2.45, 2.75) is 60.6 Å². The Hall–Kier alpha value is -1.84. The number of aliphatic hydroxyl groups excluding tert-OH is 1. The lowest BCUT2D eigenvalue weighted by atomic mass is 9.77. The highest BCUT2D eigenvalue weighted by Crippen LogP contribution is 2.57. The van der Waals surface area contributed by atoms with Gasteiger partial charge in [-0.15, -0.1) is 0 Å². The van der Waals surface area contributed by atoms with Crippen molar-refractivity contribution >= 4 is 34.2 Å². The molecular formula is C22H27ClN6O2S. The Morgan fingerprint density at radius 1 is 1.22 bits per heavy atom. The summed E-state index contributed by atoms with van der Waals surface area (Å²) in [5.41, 5.74) is 0.506. The zero-order chi connectivity index (χ0) is 22.3. The number of hydrogen-bond acceptors (Lipinski definition) is 8. The number of aliphatic hydroxyl groups is 1. The topological polar surface area (TPSA) is 104 Å². The molecule has 3 atom stereocenters. The molecule has 170 valence electrons. The minimum Gasteiger partial charge on any atom is -0.394 e. The minimum atomic E-state index is -1.19. The maximum absolute atomic E-state index is 13.2. The van der Waals surface area contributed by atoms with E-state index in [0.717, 1.165) is 48.8 Å². The molecule has 2 aliphatic heterocycles. The third-order valence-electron chi connectivity index (χ3n) is 7.62. The first-order valence-electron chi connectivity index (χ1n) is 11.2. The Morgan fingerprint density at radius 3 is 2.50 bits per heavy atom. The van der Waals surface area contributed by atoms with E-state index in [1.807, 2.05) is 13.8 Å². The van der Waals surface area contributed by atoms with Crippen LogP contribution in [0.1, 0.15) is 50.5 Å². The normalized spacial score (nSPS) is 31.1. The number of aromatic nitrogens is 4. The molecule has 1 saturated heterocycles. The largest absolute Gasteiger partial charge is 0.394 e. The Bertz CT molecular complexity index is 1090. The van der Waals surface area contributed by atoms with E-state index in [2.05, 4.69) is 20.2 Å². The summed E-state index contributed by atoms with van der Waals surface area (Å²) < 4.78 is 12.9. The summed E-state index contributed by atoms with van der Waals surface area (Å²) in [6, 6.07) is 0. The fourth-order valence-electron chi connectivity index (χ4n) is 5.51. The van der Waals surface area contributed by atoms with Crippen LogP contribution in [-0.2, 0) is 17.2 Å². The van der Waals surface area contributed by atoms with Crippen LogP contribution in [0.2, 0.25) is 5.02 Å². The molecule has 2 aliphatic carbocycles. The second kappa shape index (κ2) is 7.08. The lowest BCUT2D eigenvalue weighted by molar-refractivity contribution is 0.143. The van der Waals surface area contributed by atoms with E-state index in [0.29, 0.717) is 41.0 Å². The van der Waals surface area contributed by atoms with Crippen LogP contribution in [0.25, 0.3) is 0 Å². The van der Waals surface area contributed by atoms with Gasteiger partial charge in [-0.1, -0.05) is 11.6 Å². The quantitative estimate of drug-likeness (QED) is 0.681. The fourth-order valence-corrected chi connectivity index (χ4v) is 7.04. The summed E-state index contributed by atoms with van der Waals surface area (Å²) >= 11 is 5.93. The monoisotopic (exact) mass is 474 g/mol. The maximum Gasteiger partial charge on any atom is 0.227 e. The standard InChI is InChI=1S/C22H27ClN6O2S/c1-21(2)6-15-17(32(21)31)19(28-22(11-30)4-3-5-22)27-20(26-15)29-9-13-14(10-29)16(13)18-24-7-12(23)8-25-18/h7-8,13-14,16,30H,3-6,9-11H2,1-2H3,(H,26,27,28). The van der Waals surface area contributed by atoms with Crippen molar-refractivity contribution < 1.29 is 9.32 Å². The number of halogens is 1. The van der Waals surface area contributed by atoms with Crippen LogP contribution in [-0.4, -0.2) is 59.2 Å². The average Bonchev–Trinajstić information content (AvgIpc) is 3.11. The van der Waals surface area contributed by atoms with Crippen LogP contribution in [0.15, 0.2) is 17.3 Å². The van der Waals surface area contributed by atoms with Gasteiger partial charge in [-0.2, -0.15) is 4.98 Å². The maximum atomic E-state index is 13.2. The average molecular weight is 475 g/mol. The molecule has 3 fully saturated rings. The first-order chi connectivity index (χ1) is 15.3. The Kier molecular flexibility index (Phi) is 4.59. The van der Waals surface area contributed by atoms with Gasteiger partial charge in [0.1, 0.15) is 16.5 Å². The van der Waals surface area contributed by atoms with E-state index in [9.17, 15) is 9.32 Å². The van der Waals surface area contributed by atoms with Crippen LogP contribution in [0.3, 0.4) is 0 Å². The van der Waals surface area contributed by atoms with Gasteiger partial charge < -0.3 is 15.3 Å². The molecule has 0 amide bonds. The molecule has 3 unspecified atom stereocenters. The third-order valence-corrected chi connectivity index (χ3v) is 9.76. The number of fused-ring (bicyclic) bond motifs is 2. The number of nitrogens with zero attached hydrogens (tertiary/aromatic N) is 5. The number of hydrogen-bond donors (Lipinski definition) is 2. The molecule has 32 heavy (non-hydrogen) atoms. The van der Waals surface area contributed by atoms with Crippen LogP contribution in [0.5, 0.6) is 0 Å². The van der Waals surface area contributed by atoms with Crippen molar-refractivity contribution in [3.8, 4) is 0 Å². The Morgan fingerprint density at radius 2 is 1.91 bits per heavy atom. The lowest BCUT2D eigenvalue weighted by Crippen LogP contribution is -2.48. The molecular weight excluding hydrogens is 448 g/mol. The number of rotatable bonds is 5. The molecule has 10 heteroatoms. The molecule has 4 aliphatic rings. The van der Waals surface area contributed by atoms with Crippen LogP contribution >= 0.6 is 11.6 Å². The van der Waals surface area contributed by atoms with Crippen molar-refractivity contribution in [2.24, 2.45) is 11.8 Å². The SMILES string of the molecule is CC1(C)Cc2nc(N3CC4C(C3)C4c3ncc(Cl)cn3)nc(NC3(CO)CCC3)c2S1=O. The number of nitrogens with one attached hydrogen (secondary N) is 1. The van der Waals surface area contributed by atoms with Crippen LogP contribution < -0.4 is 10.2 Å². The van der Waals surface area contributed by atoms with Crippen molar-refractivity contribution in [2.75, 3.05) is 29.9 Å². The Balaban J connectivity index is 1.28. The second-order valence-electron chi connectivity index (χ2n) is 10.3. The van der Waals surface area contributed by atoms with E-state index in [4.69, 9.17) is 21.6 Å². The fraction of sp³-hybridized carbons (Fsp3) is 0.636. The molecule has 2 aromatic rings. The van der Waals surface area contributed by atoms with Gasteiger partial charge in [0.05, 0.1) is 38.4 Å². The third kappa shape index (κ3) is 3.15.